The summed E-state index contributed by atoms with van der Waals surface area (Å²) in [4.78, 5) is 4.46. The molecule has 0 amide bonds. The number of nitrogens with two attached hydrogens (primary N) is 1. The molecule has 1 aromatic rings. The van der Waals surface area contributed by atoms with Gasteiger partial charge in [-0.3, -0.25) is 4.99 Å². The summed E-state index contributed by atoms with van der Waals surface area (Å²) >= 11 is 0. The predicted molar refractivity (Wildman–Crippen MR) is 88.5 cm³/mol. The Morgan fingerprint density at radius 3 is 2.50 bits per heavy atom. The summed E-state index contributed by atoms with van der Waals surface area (Å²) in [6.07, 6.45) is 5.21. The maximum absolute atomic E-state index is 5.88. The number of para-hydroxylation sites is 1. The Balaban J connectivity index is 0.00000162. The Kier molecular flexibility index (Phi) is 5.91. The molecule has 4 heteroatoms. The molecule has 0 saturated heterocycles. The van der Waals surface area contributed by atoms with Gasteiger partial charge in [-0.15, -0.1) is 24.0 Å². The van der Waals surface area contributed by atoms with Crippen LogP contribution in [-0.4, -0.2) is 12.5 Å². The van der Waals surface area contributed by atoms with E-state index in [-0.39, 0.29) is 24.0 Å². The lowest BCUT2D eigenvalue weighted by Crippen LogP contribution is -2.25. The highest BCUT2D eigenvalue weighted by atomic mass is 127. The van der Waals surface area contributed by atoms with E-state index in [1.54, 1.807) is 0 Å². The first-order chi connectivity index (χ1) is 8.18. The zero-order chi connectivity index (χ0) is 12.1. The van der Waals surface area contributed by atoms with E-state index in [9.17, 15) is 0 Å². The largest absolute Gasteiger partial charge is 0.370 e. The Morgan fingerprint density at radius 2 is 1.89 bits per heavy atom. The zero-order valence-electron chi connectivity index (χ0n) is 10.9. The number of nitrogens with zero attached hydrogens (tertiary/aromatic N) is 1. The van der Waals surface area contributed by atoms with E-state index in [0.717, 1.165) is 12.2 Å². The SMILES string of the molecule is CC1(CN=C(N)Nc2ccccc2)CCCC1.I. The third kappa shape index (κ3) is 4.48. The fourth-order valence-corrected chi connectivity index (χ4v) is 2.37. The Labute approximate surface area is 126 Å². The molecule has 2 rings (SSSR count). The summed E-state index contributed by atoms with van der Waals surface area (Å²) in [7, 11) is 0. The van der Waals surface area contributed by atoms with Crippen LogP contribution in [0.25, 0.3) is 0 Å². The molecule has 0 atom stereocenters. The lowest BCUT2D eigenvalue weighted by molar-refractivity contribution is 0.351. The third-order valence-electron chi connectivity index (χ3n) is 3.49. The molecule has 18 heavy (non-hydrogen) atoms. The maximum atomic E-state index is 5.88. The lowest BCUT2D eigenvalue weighted by atomic mass is 9.89. The summed E-state index contributed by atoms with van der Waals surface area (Å²) in [5.74, 6) is 0.518. The Morgan fingerprint density at radius 1 is 1.28 bits per heavy atom. The van der Waals surface area contributed by atoms with Gasteiger partial charge in [0.2, 0.25) is 0 Å². The quantitative estimate of drug-likeness (QED) is 0.492. The lowest BCUT2D eigenvalue weighted by Gasteiger charge is -2.20. The van der Waals surface area contributed by atoms with Crippen molar-refractivity contribution in [1.29, 1.82) is 0 Å². The number of nitrogens with one attached hydrogen (secondary N) is 1. The third-order valence-corrected chi connectivity index (χ3v) is 3.49. The van der Waals surface area contributed by atoms with Crippen LogP contribution in [0.1, 0.15) is 32.6 Å². The smallest absolute Gasteiger partial charge is 0.193 e. The van der Waals surface area contributed by atoms with Crippen molar-refractivity contribution in [2.45, 2.75) is 32.6 Å². The van der Waals surface area contributed by atoms with Crippen molar-refractivity contribution in [3.8, 4) is 0 Å². The fraction of sp³-hybridized carbons (Fsp3) is 0.500. The van der Waals surface area contributed by atoms with E-state index >= 15 is 0 Å². The summed E-state index contributed by atoms with van der Waals surface area (Å²) < 4.78 is 0. The van der Waals surface area contributed by atoms with Gasteiger partial charge >= 0.3 is 0 Å². The summed E-state index contributed by atoms with van der Waals surface area (Å²) in [6.45, 7) is 3.14. The van der Waals surface area contributed by atoms with Gasteiger partial charge in [-0.1, -0.05) is 38.0 Å². The van der Waals surface area contributed by atoms with Crippen molar-refractivity contribution in [1.82, 2.24) is 0 Å². The molecule has 100 valence electrons. The molecular weight excluding hydrogens is 337 g/mol. The highest BCUT2D eigenvalue weighted by Gasteiger charge is 2.28. The maximum Gasteiger partial charge on any atom is 0.193 e. The van der Waals surface area contributed by atoms with E-state index in [0.29, 0.717) is 11.4 Å². The van der Waals surface area contributed by atoms with Crippen LogP contribution in [0.15, 0.2) is 35.3 Å². The second-order valence-corrected chi connectivity index (χ2v) is 5.21. The average Bonchev–Trinajstić information content (AvgIpc) is 2.76. The summed E-state index contributed by atoms with van der Waals surface area (Å²) in [5.41, 5.74) is 7.24. The molecule has 0 spiro atoms. The van der Waals surface area contributed by atoms with Crippen LogP contribution < -0.4 is 11.1 Å². The molecule has 0 bridgehead atoms. The Hall–Kier alpha value is -0.780. The minimum absolute atomic E-state index is 0. The average molecular weight is 359 g/mol. The number of rotatable bonds is 3. The molecule has 1 saturated carbocycles. The minimum atomic E-state index is 0. The predicted octanol–water partition coefficient (Wildman–Crippen LogP) is 3.61. The van der Waals surface area contributed by atoms with Gasteiger partial charge < -0.3 is 11.1 Å². The number of guanidine groups is 1. The molecule has 0 radical (unpaired) electrons. The summed E-state index contributed by atoms with van der Waals surface area (Å²) in [5, 5.41) is 3.11. The van der Waals surface area contributed by atoms with Crippen LogP contribution >= 0.6 is 24.0 Å². The molecule has 0 unspecified atom stereocenters. The van der Waals surface area contributed by atoms with Gasteiger partial charge in [0, 0.05) is 12.2 Å². The van der Waals surface area contributed by atoms with Crippen LogP contribution in [0.5, 0.6) is 0 Å². The van der Waals surface area contributed by atoms with Gasteiger partial charge in [0.1, 0.15) is 0 Å². The van der Waals surface area contributed by atoms with Gasteiger partial charge in [0.15, 0.2) is 5.96 Å². The van der Waals surface area contributed by atoms with Gasteiger partial charge in [-0.2, -0.15) is 0 Å². The molecule has 1 aromatic carbocycles. The summed E-state index contributed by atoms with van der Waals surface area (Å²) in [6, 6.07) is 9.92. The molecule has 1 aliphatic rings. The van der Waals surface area contributed by atoms with Gasteiger partial charge in [-0.25, -0.2) is 0 Å². The number of aliphatic imine (C=N–C) groups is 1. The molecule has 0 aliphatic heterocycles. The van der Waals surface area contributed by atoms with Crippen LogP contribution in [0.4, 0.5) is 5.69 Å². The highest BCUT2D eigenvalue weighted by molar-refractivity contribution is 14.0. The van der Waals surface area contributed by atoms with Gasteiger partial charge in [0.25, 0.3) is 0 Å². The second-order valence-electron chi connectivity index (χ2n) is 5.21. The van der Waals surface area contributed by atoms with Crippen LogP contribution in [-0.2, 0) is 0 Å². The molecule has 0 heterocycles. The van der Waals surface area contributed by atoms with Crippen molar-refractivity contribution < 1.29 is 0 Å². The standard InChI is InChI=1S/C14H21N3.HI/c1-14(9-5-6-10-14)11-16-13(15)17-12-7-3-2-4-8-12;/h2-4,7-8H,5-6,9-11H2,1H3,(H3,15,16,17);1H. The van der Waals surface area contributed by atoms with Crippen LogP contribution in [0.2, 0.25) is 0 Å². The molecular formula is C14H22IN3. The number of halogens is 1. The number of hydrogen-bond donors (Lipinski definition) is 2. The normalized spacial score (nSPS) is 18.2. The molecule has 1 fully saturated rings. The Bertz CT molecular complexity index is 383. The van der Waals surface area contributed by atoms with Crippen molar-refractivity contribution in [2.75, 3.05) is 11.9 Å². The first-order valence-electron chi connectivity index (χ1n) is 6.30. The van der Waals surface area contributed by atoms with E-state index in [1.165, 1.54) is 25.7 Å². The van der Waals surface area contributed by atoms with E-state index < -0.39 is 0 Å². The number of anilines is 1. The van der Waals surface area contributed by atoms with Crippen molar-refractivity contribution in [3.63, 3.8) is 0 Å². The zero-order valence-corrected chi connectivity index (χ0v) is 13.2. The van der Waals surface area contributed by atoms with Crippen LogP contribution in [0, 0.1) is 5.41 Å². The molecule has 3 nitrogen and oxygen atoms in total. The van der Waals surface area contributed by atoms with Crippen molar-refractivity contribution in [3.05, 3.63) is 30.3 Å². The first-order valence-corrected chi connectivity index (χ1v) is 6.30. The van der Waals surface area contributed by atoms with Crippen molar-refractivity contribution in [2.24, 2.45) is 16.1 Å². The van der Waals surface area contributed by atoms with E-state index in [4.69, 9.17) is 5.73 Å². The second kappa shape index (κ2) is 6.97. The monoisotopic (exact) mass is 359 g/mol. The van der Waals surface area contributed by atoms with Crippen molar-refractivity contribution >= 4 is 35.6 Å². The molecule has 1 aliphatic carbocycles. The number of hydrogen-bond acceptors (Lipinski definition) is 1. The fourth-order valence-electron chi connectivity index (χ4n) is 2.37. The first kappa shape index (κ1) is 15.3. The van der Waals surface area contributed by atoms with E-state index in [1.807, 2.05) is 30.3 Å². The highest BCUT2D eigenvalue weighted by Crippen LogP contribution is 2.37. The minimum Gasteiger partial charge on any atom is -0.370 e. The van der Waals surface area contributed by atoms with Crippen LogP contribution in [0.3, 0.4) is 0 Å². The molecule has 3 N–H and O–H groups in total. The topological polar surface area (TPSA) is 50.4 Å². The van der Waals surface area contributed by atoms with E-state index in [2.05, 4.69) is 17.2 Å². The number of benzene rings is 1. The molecule has 0 aromatic heterocycles. The van der Waals surface area contributed by atoms with Gasteiger partial charge in [-0.05, 0) is 30.4 Å². The van der Waals surface area contributed by atoms with Gasteiger partial charge in [0.05, 0.1) is 0 Å².